The Bertz CT molecular complexity index is 382. The highest BCUT2D eigenvalue weighted by Crippen LogP contribution is 2.12. The monoisotopic (exact) mass is 211 g/mol. The molecule has 2 rings (SSSR count). The van der Waals surface area contributed by atoms with E-state index in [-0.39, 0.29) is 0 Å². The molecule has 4 nitrogen and oxygen atoms in total. The Labute approximate surface area is 86.3 Å². The summed E-state index contributed by atoms with van der Waals surface area (Å²) in [7, 11) is 0. The first-order valence-corrected chi connectivity index (χ1v) is 4.65. The zero-order chi connectivity index (χ0) is 9.80. The first-order chi connectivity index (χ1) is 6.84. The minimum Gasteiger partial charge on any atom is -0.448 e. The van der Waals surface area contributed by atoms with Crippen LogP contribution in [0.5, 0.6) is 0 Å². The lowest BCUT2D eigenvalue weighted by atomic mass is 10.4. The topological polar surface area (TPSA) is 53.9 Å². The predicted octanol–water partition coefficient (Wildman–Crippen LogP) is 1.95. The lowest BCUT2D eigenvalue weighted by molar-refractivity contribution is 0.483. The standard InChI is InChI=1S/C9H10ClN3O/c10-9-2-1-8(14-9)6-11-5-7-3-4-12-13-7/h1-4,11H,5-6H2,(H,12,13). The molecule has 0 aliphatic heterocycles. The number of hydrogen-bond acceptors (Lipinski definition) is 3. The van der Waals surface area contributed by atoms with Gasteiger partial charge < -0.3 is 9.73 Å². The largest absolute Gasteiger partial charge is 0.448 e. The third-order valence-corrected chi connectivity index (χ3v) is 2.01. The number of nitrogens with one attached hydrogen (secondary N) is 2. The van der Waals surface area contributed by atoms with Gasteiger partial charge in [0, 0.05) is 18.4 Å². The molecule has 2 aromatic heterocycles. The van der Waals surface area contributed by atoms with Crippen molar-refractivity contribution in [2.24, 2.45) is 0 Å². The average molecular weight is 212 g/mol. The fourth-order valence-corrected chi connectivity index (χ4v) is 1.31. The summed E-state index contributed by atoms with van der Waals surface area (Å²) in [5, 5.41) is 10.3. The number of aromatic amines is 1. The number of nitrogens with zero attached hydrogens (tertiary/aromatic N) is 1. The van der Waals surface area contributed by atoms with Crippen molar-refractivity contribution in [2.75, 3.05) is 0 Å². The van der Waals surface area contributed by atoms with Crippen molar-refractivity contribution in [2.45, 2.75) is 13.1 Å². The second-order valence-corrected chi connectivity index (χ2v) is 3.26. The van der Waals surface area contributed by atoms with Gasteiger partial charge in [-0.25, -0.2) is 0 Å². The van der Waals surface area contributed by atoms with Crippen molar-refractivity contribution in [1.82, 2.24) is 15.5 Å². The average Bonchev–Trinajstić information content (AvgIpc) is 2.77. The lowest BCUT2D eigenvalue weighted by Crippen LogP contribution is -2.12. The number of hydrogen-bond donors (Lipinski definition) is 2. The van der Waals surface area contributed by atoms with E-state index < -0.39 is 0 Å². The Morgan fingerprint density at radius 2 is 2.29 bits per heavy atom. The molecule has 0 spiro atoms. The van der Waals surface area contributed by atoms with Crippen molar-refractivity contribution in [3.63, 3.8) is 0 Å². The first-order valence-electron chi connectivity index (χ1n) is 4.28. The zero-order valence-electron chi connectivity index (χ0n) is 7.46. The normalized spacial score (nSPS) is 10.6. The molecule has 0 aliphatic carbocycles. The summed E-state index contributed by atoms with van der Waals surface area (Å²) in [5.41, 5.74) is 1.04. The van der Waals surface area contributed by atoms with E-state index in [9.17, 15) is 0 Å². The third-order valence-electron chi connectivity index (χ3n) is 1.80. The zero-order valence-corrected chi connectivity index (χ0v) is 8.21. The van der Waals surface area contributed by atoms with Crippen molar-refractivity contribution in [1.29, 1.82) is 0 Å². The van der Waals surface area contributed by atoms with Crippen LogP contribution in [0.1, 0.15) is 11.5 Å². The maximum absolute atomic E-state index is 5.63. The van der Waals surface area contributed by atoms with Crippen LogP contribution in [0.4, 0.5) is 0 Å². The van der Waals surface area contributed by atoms with E-state index in [0.717, 1.165) is 18.0 Å². The minimum atomic E-state index is 0.420. The van der Waals surface area contributed by atoms with E-state index in [1.54, 1.807) is 12.3 Å². The second-order valence-electron chi connectivity index (χ2n) is 2.89. The highest BCUT2D eigenvalue weighted by Gasteiger charge is 1.99. The molecule has 0 atom stereocenters. The summed E-state index contributed by atoms with van der Waals surface area (Å²) in [5.74, 6) is 0.828. The second kappa shape index (κ2) is 4.30. The van der Waals surface area contributed by atoms with Crippen LogP contribution in [0.15, 0.2) is 28.8 Å². The van der Waals surface area contributed by atoms with Crippen LogP contribution in [0.3, 0.4) is 0 Å². The molecule has 2 heterocycles. The Balaban J connectivity index is 1.78. The van der Waals surface area contributed by atoms with Crippen LogP contribution in [0.25, 0.3) is 0 Å². The Morgan fingerprint density at radius 1 is 1.36 bits per heavy atom. The maximum Gasteiger partial charge on any atom is 0.193 e. The molecule has 0 amide bonds. The molecule has 2 N–H and O–H groups in total. The van der Waals surface area contributed by atoms with Gasteiger partial charge in [-0.2, -0.15) is 5.10 Å². The quantitative estimate of drug-likeness (QED) is 0.813. The molecule has 0 unspecified atom stereocenters. The van der Waals surface area contributed by atoms with Gasteiger partial charge >= 0.3 is 0 Å². The van der Waals surface area contributed by atoms with E-state index in [0.29, 0.717) is 11.8 Å². The molecule has 0 bridgehead atoms. The van der Waals surface area contributed by atoms with Crippen LogP contribution in [-0.2, 0) is 13.1 Å². The minimum absolute atomic E-state index is 0.420. The van der Waals surface area contributed by atoms with E-state index in [2.05, 4.69) is 15.5 Å². The molecule has 0 radical (unpaired) electrons. The molecule has 14 heavy (non-hydrogen) atoms. The number of halogens is 1. The third kappa shape index (κ3) is 2.37. The maximum atomic E-state index is 5.63. The predicted molar refractivity (Wildman–Crippen MR) is 52.8 cm³/mol. The molecule has 0 saturated carbocycles. The lowest BCUT2D eigenvalue weighted by Gasteiger charge is -1.99. The summed E-state index contributed by atoms with van der Waals surface area (Å²) in [6.45, 7) is 1.39. The van der Waals surface area contributed by atoms with Gasteiger partial charge in [-0.1, -0.05) is 0 Å². The van der Waals surface area contributed by atoms with Crippen LogP contribution in [0.2, 0.25) is 5.22 Å². The molecule has 0 aliphatic rings. The smallest absolute Gasteiger partial charge is 0.193 e. The van der Waals surface area contributed by atoms with Gasteiger partial charge in [0.15, 0.2) is 5.22 Å². The van der Waals surface area contributed by atoms with Gasteiger partial charge in [0.1, 0.15) is 5.76 Å². The molecule has 0 fully saturated rings. The van der Waals surface area contributed by atoms with Crippen LogP contribution in [-0.4, -0.2) is 10.2 Å². The van der Waals surface area contributed by atoms with Gasteiger partial charge in [0.25, 0.3) is 0 Å². The van der Waals surface area contributed by atoms with E-state index in [1.165, 1.54) is 0 Å². The summed E-state index contributed by atoms with van der Waals surface area (Å²) >= 11 is 5.63. The molecule has 0 aromatic carbocycles. The Hall–Kier alpha value is -1.26. The highest BCUT2D eigenvalue weighted by atomic mass is 35.5. The van der Waals surface area contributed by atoms with Crippen molar-refractivity contribution in [3.8, 4) is 0 Å². The van der Waals surface area contributed by atoms with Gasteiger partial charge in [-0.15, -0.1) is 0 Å². The van der Waals surface area contributed by atoms with Crippen molar-refractivity contribution < 1.29 is 4.42 Å². The Kier molecular flexibility index (Phi) is 2.86. The van der Waals surface area contributed by atoms with Crippen molar-refractivity contribution in [3.05, 3.63) is 41.1 Å². The molecule has 5 heteroatoms. The summed E-state index contributed by atoms with van der Waals surface area (Å²) in [6, 6.07) is 5.50. The fraction of sp³-hybridized carbons (Fsp3) is 0.222. The van der Waals surface area contributed by atoms with E-state index in [1.807, 2.05) is 12.1 Å². The van der Waals surface area contributed by atoms with E-state index >= 15 is 0 Å². The molecular weight excluding hydrogens is 202 g/mol. The highest BCUT2D eigenvalue weighted by molar-refractivity contribution is 6.28. The molecular formula is C9H10ClN3O. The first kappa shape index (κ1) is 9.30. The van der Waals surface area contributed by atoms with Gasteiger partial charge in [0.05, 0.1) is 6.54 Å². The van der Waals surface area contributed by atoms with Crippen LogP contribution < -0.4 is 5.32 Å². The summed E-state index contributed by atoms with van der Waals surface area (Å²) in [6.07, 6.45) is 1.72. The molecule has 0 saturated heterocycles. The van der Waals surface area contributed by atoms with Gasteiger partial charge in [-0.05, 0) is 29.8 Å². The van der Waals surface area contributed by atoms with E-state index in [4.69, 9.17) is 16.0 Å². The summed E-state index contributed by atoms with van der Waals surface area (Å²) in [4.78, 5) is 0. The number of H-pyrrole nitrogens is 1. The number of aromatic nitrogens is 2. The molecule has 2 aromatic rings. The Morgan fingerprint density at radius 3 is 2.93 bits per heavy atom. The fourth-order valence-electron chi connectivity index (χ4n) is 1.15. The SMILES string of the molecule is Clc1ccc(CNCc2ccn[nH]2)o1. The molecule has 74 valence electrons. The number of furan rings is 1. The van der Waals surface area contributed by atoms with Gasteiger partial charge in [-0.3, -0.25) is 5.10 Å². The van der Waals surface area contributed by atoms with Gasteiger partial charge in [0.2, 0.25) is 0 Å². The summed E-state index contributed by atoms with van der Waals surface area (Å²) < 4.78 is 5.18. The van der Waals surface area contributed by atoms with Crippen LogP contribution >= 0.6 is 11.6 Å². The van der Waals surface area contributed by atoms with Crippen LogP contribution in [0, 0.1) is 0 Å². The number of rotatable bonds is 4. The van der Waals surface area contributed by atoms with Crippen molar-refractivity contribution >= 4 is 11.6 Å².